The van der Waals surface area contributed by atoms with E-state index in [2.05, 4.69) is 10.1 Å². The van der Waals surface area contributed by atoms with E-state index < -0.39 is 22.5 Å². The van der Waals surface area contributed by atoms with Gasteiger partial charge < -0.3 is 14.8 Å². The number of nitro benzene ring substituents is 1. The molecule has 0 aliphatic rings. The maximum Gasteiger partial charge on any atom is 0.338 e. The Bertz CT molecular complexity index is 834. The quantitative estimate of drug-likeness (QED) is 0.462. The van der Waals surface area contributed by atoms with Gasteiger partial charge in [-0.1, -0.05) is 24.3 Å². The molecule has 0 aromatic heterocycles. The molecule has 8 nitrogen and oxygen atoms in total. The van der Waals surface area contributed by atoms with E-state index in [1.807, 2.05) is 31.2 Å². The number of nitrogens with zero attached hydrogens (tertiary/aromatic N) is 1. The molecular weight excluding hydrogens is 340 g/mol. The highest BCUT2D eigenvalue weighted by atomic mass is 16.6. The summed E-state index contributed by atoms with van der Waals surface area (Å²) in [5.74, 6) is -1.22. The molecule has 0 atom stereocenters. The van der Waals surface area contributed by atoms with Crippen molar-refractivity contribution >= 4 is 17.6 Å². The van der Waals surface area contributed by atoms with Crippen LogP contribution >= 0.6 is 0 Å². The first-order chi connectivity index (χ1) is 12.4. The highest BCUT2D eigenvalue weighted by Gasteiger charge is 2.20. The first kappa shape index (κ1) is 18.9. The van der Waals surface area contributed by atoms with Crippen molar-refractivity contribution in [3.8, 4) is 5.75 Å². The van der Waals surface area contributed by atoms with E-state index in [9.17, 15) is 19.7 Å². The average Bonchev–Trinajstić information content (AvgIpc) is 2.64. The van der Waals surface area contributed by atoms with Crippen LogP contribution in [0.15, 0.2) is 42.5 Å². The fourth-order valence-corrected chi connectivity index (χ4v) is 2.22. The number of nitrogens with one attached hydrogen (secondary N) is 1. The number of esters is 1. The minimum Gasteiger partial charge on any atom is -0.477 e. The van der Waals surface area contributed by atoms with E-state index in [0.717, 1.165) is 17.2 Å². The second-order valence-corrected chi connectivity index (χ2v) is 5.42. The first-order valence-electron chi connectivity index (χ1n) is 7.73. The normalized spacial score (nSPS) is 10.1. The molecule has 8 heteroatoms. The zero-order valence-electron chi connectivity index (χ0n) is 14.4. The fraction of sp³-hybridized carbons (Fsp3) is 0.222. The van der Waals surface area contributed by atoms with Crippen molar-refractivity contribution in [2.75, 3.05) is 13.7 Å². The van der Waals surface area contributed by atoms with Gasteiger partial charge in [0.2, 0.25) is 0 Å². The topological polar surface area (TPSA) is 108 Å². The van der Waals surface area contributed by atoms with Crippen molar-refractivity contribution in [3.05, 3.63) is 69.3 Å². The van der Waals surface area contributed by atoms with Gasteiger partial charge in [-0.05, 0) is 30.2 Å². The predicted molar refractivity (Wildman–Crippen MR) is 93.0 cm³/mol. The molecule has 0 saturated carbocycles. The van der Waals surface area contributed by atoms with E-state index in [1.54, 1.807) is 0 Å². The van der Waals surface area contributed by atoms with Crippen molar-refractivity contribution in [3.63, 3.8) is 0 Å². The third kappa shape index (κ3) is 4.79. The summed E-state index contributed by atoms with van der Waals surface area (Å²) in [7, 11) is 1.18. The van der Waals surface area contributed by atoms with Crippen molar-refractivity contribution in [2.45, 2.75) is 13.5 Å². The molecule has 0 unspecified atom stereocenters. The lowest BCUT2D eigenvalue weighted by atomic mass is 10.1. The largest absolute Gasteiger partial charge is 0.477 e. The number of amides is 1. The number of carbonyl (C=O) groups excluding carboxylic acids is 2. The van der Waals surface area contributed by atoms with Gasteiger partial charge in [0.25, 0.3) is 5.91 Å². The Labute approximate surface area is 149 Å². The molecular formula is C18H18N2O6. The Morgan fingerprint density at radius 1 is 1.19 bits per heavy atom. The summed E-state index contributed by atoms with van der Waals surface area (Å²) >= 11 is 0. The first-order valence-corrected chi connectivity index (χ1v) is 7.73. The van der Waals surface area contributed by atoms with Gasteiger partial charge in [0.1, 0.15) is 0 Å². The molecule has 0 aliphatic heterocycles. The molecule has 2 aromatic carbocycles. The van der Waals surface area contributed by atoms with Crippen molar-refractivity contribution in [2.24, 2.45) is 0 Å². The average molecular weight is 358 g/mol. The highest BCUT2D eigenvalue weighted by molar-refractivity contribution is 5.90. The summed E-state index contributed by atoms with van der Waals surface area (Å²) in [4.78, 5) is 33.9. The number of rotatable bonds is 7. The number of methoxy groups -OCH3 is 1. The standard InChI is InChI=1S/C18H18N2O6/c1-12-5-3-4-6-14(12)10-19-17(21)11-26-16-8-7-13(18(22)25-2)9-15(16)20(23)24/h3-9H,10-11H2,1-2H3,(H,19,21). The lowest BCUT2D eigenvalue weighted by molar-refractivity contribution is -0.385. The zero-order valence-corrected chi connectivity index (χ0v) is 14.4. The van der Waals surface area contributed by atoms with E-state index >= 15 is 0 Å². The maximum atomic E-state index is 11.9. The Morgan fingerprint density at radius 2 is 1.92 bits per heavy atom. The van der Waals surface area contributed by atoms with Gasteiger partial charge in [0.05, 0.1) is 17.6 Å². The summed E-state index contributed by atoms with van der Waals surface area (Å²) in [5, 5.41) is 13.8. The molecule has 0 radical (unpaired) electrons. The fourth-order valence-electron chi connectivity index (χ4n) is 2.22. The second kappa shape index (κ2) is 8.61. The lowest BCUT2D eigenvalue weighted by Gasteiger charge is -2.10. The van der Waals surface area contributed by atoms with Gasteiger partial charge in [-0.3, -0.25) is 14.9 Å². The van der Waals surface area contributed by atoms with Gasteiger partial charge in [-0.25, -0.2) is 4.79 Å². The minimum absolute atomic E-state index is 0.0237. The molecule has 1 amide bonds. The summed E-state index contributed by atoms with van der Waals surface area (Å²) in [6.45, 7) is 1.88. The van der Waals surface area contributed by atoms with E-state index in [-0.39, 0.29) is 17.9 Å². The Balaban J connectivity index is 1.99. The van der Waals surface area contributed by atoms with Crippen LogP contribution in [-0.2, 0) is 16.1 Å². The molecule has 0 aliphatic carbocycles. The second-order valence-electron chi connectivity index (χ2n) is 5.42. The third-order valence-corrected chi connectivity index (χ3v) is 3.67. The SMILES string of the molecule is COC(=O)c1ccc(OCC(=O)NCc2ccccc2C)c([N+](=O)[O-])c1. The van der Waals surface area contributed by atoms with Crippen LogP contribution in [0.1, 0.15) is 21.5 Å². The molecule has 0 spiro atoms. The van der Waals surface area contributed by atoms with Crippen LogP contribution in [0.4, 0.5) is 5.69 Å². The minimum atomic E-state index is -0.698. The lowest BCUT2D eigenvalue weighted by Crippen LogP contribution is -2.28. The Hall–Kier alpha value is -3.42. The Kier molecular flexibility index (Phi) is 6.26. The molecule has 2 rings (SSSR count). The van der Waals surface area contributed by atoms with Crippen molar-refractivity contribution < 1.29 is 24.0 Å². The van der Waals surface area contributed by atoms with E-state index in [4.69, 9.17) is 4.74 Å². The summed E-state index contributed by atoms with van der Waals surface area (Å²) in [6.07, 6.45) is 0. The van der Waals surface area contributed by atoms with Crippen LogP contribution in [0.3, 0.4) is 0 Å². The number of hydrogen-bond donors (Lipinski definition) is 1. The van der Waals surface area contributed by atoms with Crippen LogP contribution < -0.4 is 10.1 Å². The number of aryl methyl sites for hydroxylation is 1. The predicted octanol–water partition coefficient (Wildman–Crippen LogP) is 2.39. The van der Waals surface area contributed by atoms with E-state index in [0.29, 0.717) is 6.54 Å². The van der Waals surface area contributed by atoms with Crippen LogP contribution in [0.2, 0.25) is 0 Å². The van der Waals surface area contributed by atoms with Gasteiger partial charge in [0.15, 0.2) is 12.4 Å². The molecule has 1 N–H and O–H groups in total. The van der Waals surface area contributed by atoms with Gasteiger partial charge >= 0.3 is 11.7 Å². The molecule has 136 valence electrons. The van der Waals surface area contributed by atoms with Gasteiger partial charge in [-0.2, -0.15) is 0 Å². The van der Waals surface area contributed by atoms with Crippen molar-refractivity contribution in [1.29, 1.82) is 0 Å². The molecule has 2 aromatic rings. The van der Waals surface area contributed by atoms with Crippen LogP contribution in [0, 0.1) is 17.0 Å². The van der Waals surface area contributed by atoms with Crippen LogP contribution in [-0.4, -0.2) is 30.5 Å². The molecule has 0 fully saturated rings. The van der Waals surface area contributed by atoms with Crippen LogP contribution in [0.25, 0.3) is 0 Å². The summed E-state index contributed by atoms with van der Waals surface area (Å²) < 4.78 is 9.77. The summed E-state index contributed by atoms with van der Waals surface area (Å²) in [5.41, 5.74) is 1.62. The molecule has 26 heavy (non-hydrogen) atoms. The Morgan fingerprint density at radius 3 is 2.58 bits per heavy atom. The van der Waals surface area contributed by atoms with Gasteiger partial charge in [-0.15, -0.1) is 0 Å². The zero-order chi connectivity index (χ0) is 19.1. The number of carbonyl (C=O) groups is 2. The number of benzene rings is 2. The smallest absolute Gasteiger partial charge is 0.338 e. The third-order valence-electron chi connectivity index (χ3n) is 3.67. The number of hydrogen-bond acceptors (Lipinski definition) is 6. The molecule has 0 heterocycles. The molecule has 0 bridgehead atoms. The maximum absolute atomic E-state index is 11.9. The molecule has 0 saturated heterocycles. The number of ether oxygens (including phenoxy) is 2. The van der Waals surface area contributed by atoms with Crippen molar-refractivity contribution in [1.82, 2.24) is 5.32 Å². The number of nitro groups is 1. The summed E-state index contributed by atoms with van der Waals surface area (Å²) in [6, 6.07) is 11.2. The highest BCUT2D eigenvalue weighted by Crippen LogP contribution is 2.28. The monoisotopic (exact) mass is 358 g/mol. The van der Waals surface area contributed by atoms with Gasteiger partial charge in [0, 0.05) is 12.6 Å². The van der Waals surface area contributed by atoms with Crippen LogP contribution in [0.5, 0.6) is 5.75 Å². The van der Waals surface area contributed by atoms with E-state index in [1.165, 1.54) is 19.2 Å².